The van der Waals surface area contributed by atoms with Crippen LogP contribution >= 0.6 is 0 Å². The zero-order valence-corrected chi connectivity index (χ0v) is 6.40. The largest absolute Gasteiger partial charge is 0.303 e. The molecule has 0 heterocycles. The van der Waals surface area contributed by atoms with Crippen LogP contribution in [0.4, 0.5) is 0 Å². The fourth-order valence-electron chi connectivity index (χ4n) is 2.77. The molecular weight excluding hydrogens is 140 g/mol. The summed E-state index contributed by atoms with van der Waals surface area (Å²) in [6.07, 6.45) is 5.28. The minimum atomic E-state index is 0.198. The number of hydrogen-bond donors (Lipinski definition) is 0. The molecule has 0 aromatic rings. The smallest absolute Gasteiger partial charge is 0.123 e. The first-order chi connectivity index (χ1) is 5.35. The van der Waals surface area contributed by atoms with Gasteiger partial charge in [0.05, 0.1) is 0 Å². The van der Waals surface area contributed by atoms with E-state index in [9.17, 15) is 9.59 Å². The maximum atomic E-state index is 10.5. The Bertz CT molecular complexity index is 170. The Morgan fingerprint density at radius 2 is 1.45 bits per heavy atom. The van der Waals surface area contributed by atoms with Gasteiger partial charge in [-0.05, 0) is 31.1 Å². The summed E-state index contributed by atoms with van der Waals surface area (Å²) in [5, 5.41) is 0. The number of aldehydes is 2. The van der Waals surface area contributed by atoms with Gasteiger partial charge in [-0.1, -0.05) is 0 Å². The molecule has 0 N–H and O–H groups in total. The summed E-state index contributed by atoms with van der Waals surface area (Å²) in [6, 6.07) is 0. The molecule has 2 bridgehead atoms. The molecule has 0 aromatic heterocycles. The van der Waals surface area contributed by atoms with Gasteiger partial charge < -0.3 is 9.59 Å². The number of carbonyl (C=O) groups is 2. The van der Waals surface area contributed by atoms with Crippen molar-refractivity contribution < 1.29 is 9.59 Å². The maximum absolute atomic E-state index is 10.5. The Kier molecular flexibility index (Phi) is 1.55. The van der Waals surface area contributed by atoms with E-state index in [1.54, 1.807) is 0 Å². The summed E-state index contributed by atoms with van der Waals surface area (Å²) >= 11 is 0. The summed E-state index contributed by atoms with van der Waals surface area (Å²) in [5.41, 5.74) is 0. The molecule has 0 radical (unpaired) electrons. The summed E-state index contributed by atoms with van der Waals surface area (Å²) in [4.78, 5) is 21.1. The molecule has 0 aliphatic heterocycles. The van der Waals surface area contributed by atoms with E-state index >= 15 is 0 Å². The van der Waals surface area contributed by atoms with E-state index < -0.39 is 0 Å². The fraction of sp³-hybridized carbons (Fsp3) is 0.778. The van der Waals surface area contributed by atoms with Gasteiger partial charge in [0.25, 0.3) is 0 Å². The van der Waals surface area contributed by atoms with Crippen LogP contribution in [-0.2, 0) is 9.59 Å². The molecule has 2 nitrogen and oxygen atoms in total. The quantitative estimate of drug-likeness (QED) is 0.554. The average Bonchev–Trinajstić information content (AvgIpc) is 2.60. The molecule has 0 aromatic carbocycles. The van der Waals surface area contributed by atoms with Gasteiger partial charge in [-0.15, -0.1) is 0 Å². The lowest BCUT2D eigenvalue weighted by molar-refractivity contribution is -0.116. The van der Waals surface area contributed by atoms with Crippen molar-refractivity contribution in [3.63, 3.8) is 0 Å². The number of hydrogen-bond acceptors (Lipinski definition) is 2. The van der Waals surface area contributed by atoms with Crippen molar-refractivity contribution >= 4 is 12.6 Å². The lowest BCUT2D eigenvalue weighted by Crippen LogP contribution is -2.21. The van der Waals surface area contributed by atoms with Crippen LogP contribution < -0.4 is 0 Å². The second-order valence-corrected chi connectivity index (χ2v) is 3.84. The third kappa shape index (κ3) is 0.924. The first-order valence-corrected chi connectivity index (χ1v) is 4.25. The SMILES string of the molecule is O=CC1CC2CC(C=O)C1C2. The fourth-order valence-corrected chi connectivity index (χ4v) is 2.77. The molecule has 60 valence electrons. The highest BCUT2D eigenvalue weighted by molar-refractivity contribution is 5.61. The second kappa shape index (κ2) is 2.43. The lowest BCUT2D eigenvalue weighted by Gasteiger charge is -2.20. The predicted molar refractivity (Wildman–Crippen MR) is 39.9 cm³/mol. The molecule has 2 unspecified atom stereocenters. The predicted octanol–water partition coefficient (Wildman–Crippen LogP) is 1.05. The molecule has 2 rings (SSSR count). The summed E-state index contributed by atoms with van der Waals surface area (Å²) < 4.78 is 0. The van der Waals surface area contributed by atoms with Gasteiger partial charge in [-0.3, -0.25) is 0 Å². The third-order valence-corrected chi connectivity index (χ3v) is 3.27. The van der Waals surface area contributed by atoms with E-state index in [4.69, 9.17) is 0 Å². The van der Waals surface area contributed by atoms with Gasteiger partial charge in [-0.25, -0.2) is 0 Å². The van der Waals surface area contributed by atoms with E-state index in [1.165, 1.54) is 0 Å². The Labute approximate surface area is 66.0 Å². The molecule has 0 amide bonds. The summed E-state index contributed by atoms with van der Waals surface area (Å²) in [6.45, 7) is 0. The Morgan fingerprint density at radius 3 is 1.82 bits per heavy atom. The van der Waals surface area contributed by atoms with E-state index in [2.05, 4.69) is 0 Å². The number of carbonyl (C=O) groups excluding carboxylic acids is 2. The van der Waals surface area contributed by atoms with Crippen LogP contribution in [0.3, 0.4) is 0 Å². The van der Waals surface area contributed by atoms with Crippen molar-refractivity contribution in [1.82, 2.24) is 0 Å². The Morgan fingerprint density at radius 1 is 0.909 bits per heavy atom. The molecular formula is C9H12O2. The normalized spacial score (nSPS) is 47.6. The molecule has 2 aliphatic rings. The summed E-state index contributed by atoms with van der Waals surface area (Å²) in [5.74, 6) is 1.47. The highest BCUT2D eigenvalue weighted by Gasteiger charge is 2.45. The molecule has 2 aliphatic carbocycles. The van der Waals surface area contributed by atoms with E-state index in [0.717, 1.165) is 31.8 Å². The molecule has 0 saturated heterocycles. The zero-order valence-electron chi connectivity index (χ0n) is 6.40. The van der Waals surface area contributed by atoms with E-state index in [-0.39, 0.29) is 11.8 Å². The van der Waals surface area contributed by atoms with Crippen LogP contribution in [0, 0.1) is 23.7 Å². The first kappa shape index (κ1) is 7.01. The van der Waals surface area contributed by atoms with Crippen LogP contribution in [0.1, 0.15) is 19.3 Å². The van der Waals surface area contributed by atoms with Crippen molar-refractivity contribution in [2.24, 2.45) is 23.7 Å². The monoisotopic (exact) mass is 152 g/mol. The van der Waals surface area contributed by atoms with Crippen molar-refractivity contribution in [3.05, 3.63) is 0 Å². The molecule has 2 fully saturated rings. The van der Waals surface area contributed by atoms with Crippen molar-refractivity contribution in [3.8, 4) is 0 Å². The van der Waals surface area contributed by atoms with Crippen LogP contribution in [0.15, 0.2) is 0 Å². The van der Waals surface area contributed by atoms with Crippen molar-refractivity contribution in [2.75, 3.05) is 0 Å². The topological polar surface area (TPSA) is 34.1 Å². The van der Waals surface area contributed by atoms with Gasteiger partial charge in [0.1, 0.15) is 12.6 Å². The van der Waals surface area contributed by atoms with E-state index in [0.29, 0.717) is 11.8 Å². The third-order valence-electron chi connectivity index (χ3n) is 3.27. The number of rotatable bonds is 2. The molecule has 11 heavy (non-hydrogen) atoms. The Balaban J connectivity index is 2.13. The molecule has 2 heteroatoms. The second-order valence-electron chi connectivity index (χ2n) is 3.84. The number of fused-ring (bicyclic) bond motifs is 2. The van der Waals surface area contributed by atoms with Crippen LogP contribution in [-0.4, -0.2) is 12.6 Å². The van der Waals surface area contributed by atoms with Gasteiger partial charge in [-0.2, -0.15) is 0 Å². The minimum Gasteiger partial charge on any atom is -0.303 e. The first-order valence-electron chi connectivity index (χ1n) is 4.25. The van der Waals surface area contributed by atoms with Crippen LogP contribution in [0.25, 0.3) is 0 Å². The Hall–Kier alpha value is -0.660. The minimum absolute atomic E-state index is 0.198. The standard InChI is InChI=1S/C9H12O2/c10-4-7-1-6-2-8(5-11)9(7)3-6/h4-9H,1-3H2. The van der Waals surface area contributed by atoms with Crippen molar-refractivity contribution in [2.45, 2.75) is 19.3 Å². The molecule has 0 spiro atoms. The van der Waals surface area contributed by atoms with Gasteiger partial charge in [0.15, 0.2) is 0 Å². The highest BCUT2D eigenvalue weighted by Crippen LogP contribution is 2.50. The maximum Gasteiger partial charge on any atom is 0.123 e. The zero-order chi connectivity index (χ0) is 7.84. The van der Waals surface area contributed by atoms with Gasteiger partial charge in [0.2, 0.25) is 0 Å². The lowest BCUT2D eigenvalue weighted by atomic mass is 9.82. The van der Waals surface area contributed by atoms with Crippen molar-refractivity contribution in [1.29, 1.82) is 0 Å². The van der Waals surface area contributed by atoms with E-state index in [1.807, 2.05) is 0 Å². The summed E-state index contributed by atoms with van der Waals surface area (Å²) in [7, 11) is 0. The molecule has 2 saturated carbocycles. The van der Waals surface area contributed by atoms with Crippen LogP contribution in [0.5, 0.6) is 0 Å². The average molecular weight is 152 g/mol. The highest BCUT2D eigenvalue weighted by atomic mass is 16.1. The van der Waals surface area contributed by atoms with Gasteiger partial charge in [0, 0.05) is 11.8 Å². The van der Waals surface area contributed by atoms with Gasteiger partial charge >= 0.3 is 0 Å². The van der Waals surface area contributed by atoms with Crippen LogP contribution in [0.2, 0.25) is 0 Å². The molecule has 2 atom stereocenters.